The molecule has 0 radical (unpaired) electrons. The van der Waals surface area contributed by atoms with Crippen LogP contribution in [0.4, 0.5) is 18.9 Å². The van der Waals surface area contributed by atoms with Gasteiger partial charge in [0.15, 0.2) is 0 Å². The lowest BCUT2D eigenvalue weighted by atomic mass is 10.2. The standard InChI is InChI=1S/C12H11F3N2/c13-12(14,15)9-1-3-11(4-2-9)17-7-5-10(16)6-8-17/h1-7H,8,16H2. The highest BCUT2D eigenvalue weighted by molar-refractivity contribution is 5.53. The molecule has 0 saturated heterocycles. The largest absolute Gasteiger partial charge is 0.416 e. The fourth-order valence-corrected chi connectivity index (χ4v) is 1.54. The van der Waals surface area contributed by atoms with Gasteiger partial charge in [0, 0.05) is 24.1 Å². The summed E-state index contributed by atoms with van der Waals surface area (Å²) in [6.45, 7) is 0.563. The molecule has 1 aromatic carbocycles. The number of hydrogen-bond acceptors (Lipinski definition) is 2. The second-order valence-electron chi connectivity index (χ2n) is 3.72. The smallest absolute Gasteiger partial charge is 0.399 e. The fourth-order valence-electron chi connectivity index (χ4n) is 1.54. The Hall–Kier alpha value is -1.91. The second kappa shape index (κ2) is 4.16. The summed E-state index contributed by atoms with van der Waals surface area (Å²) in [5.41, 5.74) is 6.28. The molecule has 17 heavy (non-hydrogen) atoms. The van der Waals surface area contributed by atoms with Crippen molar-refractivity contribution in [2.45, 2.75) is 6.18 Å². The van der Waals surface area contributed by atoms with Crippen LogP contribution < -0.4 is 10.6 Å². The quantitative estimate of drug-likeness (QED) is 0.817. The summed E-state index contributed by atoms with van der Waals surface area (Å²) in [7, 11) is 0. The van der Waals surface area contributed by atoms with Gasteiger partial charge in [-0.1, -0.05) is 0 Å². The van der Waals surface area contributed by atoms with Crippen LogP contribution in [0.25, 0.3) is 0 Å². The third-order valence-electron chi connectivity index (χ3n) is 2.50. The van der Waals surface area contributed by atoms with Gasteiger partial charge in [-0.3, -0.25) is 0 Å². The van der Waals surface area contributed by atoms with E-state index in [4.69, 9.17) is 5.73 Å². The lowest BCUT2D eigenvalue weighted by Crippen LogP contribution is -2.20. The molecule has 0 spiro atoms. The Kier molecular flexibility index (Phi) is 2.83. The molecule has 1 aromatic rings. The zero-order chi connectivity index (χ0) is 12.5. The van der Waals surface area contributed by atoms with Crippen molar-refractivity contribution in [3.8, 4) is 0 Å². The SMILES string of the molecule is NC1=CCN(c2ccc(C(F)(F)F)cc2)C=C1. The lowest BCUT2D eigenvalue weighted by Gasteiger charge is -2.22. The van der Waals surface area contributed by atoms with E-state index in [1.165, 1.54) is 12.1 Å². The van der Waals surface area contributed by atoms with Gasteiger partial charge in [-0.15, -0.1) is 0 Å². The van der Waals surface area contributed by atoms with Gasteiger partial charge in [0.25, 0.3) is 0 Å². The highest BCUT2D eigenvalue weighted by Gasteiger charge is 2.30. The predicted octanol–water partition coefficient (Wildman–Crippen LogP) is 2.88. The zero-order valence-electron chi connectivity index (χ0n) is 8.91. The zero-order valence-corrected chi connectivity index (χ0v) is 8.91. The van der Waals surface area contributed by atoms with E-state index in [0.717, 1.165) is 12.1 Å². The highest BCUT2D eigenvalue weighted by Crippen LogP contribution is 2.30. The van der Waals surface area contributed by atoms with Crippen LogP contribution in [0.1, 0.15) is 5.56 Å². The van der Waals surface area contributed by atoms with Gasteiger partial charge in [0.05, 0.1) is 5.56 Å². The van der Waals surface area contributed by atoms with E-state index in [9.17, 15) is 13.2 Å². The molecule has 5 heteroatoms. The summed E-state index contributed by atoms with van der Waals surface area (Å²) in [4.78, 5) is 1.82. The van der Waals surface area contributed by atoms with Gasteiger partial charge in [-0.2, -0.15) is 13.2 Å². The number of halogens is 3. The maximum atomic E-state index is 12.4. The topological polar surface area (TPSA) is 29.3 Å². The number of hydrogen-bond donors (Lipinski definition) is 1. The van der Waals surface area contributed by atoms with Crippen LogP contribution >= 0.6 is 0 Å². The molecule has 0 unspecified atom stereocenters. The minimum Gasteiger partial charge on any atom is -0.399 e. The van der Waals surface area contributed by atoms with E-state index in [-0.39, 0.29) is 0 Å². The van der Waals surface area contributed by atoms with Gasteiger partial charge < -0.3 is 10.6 Å². The van der Waals surface area contributed by atoms with Crippen molar-refractivity contribution in [2.75, 3.05) is 11.4 Å². The van der Waals surface area contributed by atoms with Crippen LogP contribution in [0.2, 0.25) is 0 Å². The number of nitrogens with zero attached hydrogens (tertiary/aromatic N) is 1. The van der Waals surface area contributed by atoms with Crippen molar-refractivity contribution in [3.63, 3.8) is 0 Å². The van der Waals surface area contributed by atoms with Gasteiger partial charge in [0.1, 0.15) is 0 Å². The van der Waals surface area contributed by atoms with Gasteiger partial charge in [0.2, 0.25) is 0 Å². The average Bonchev–Trinajstić information content (AvgIpc) is 2.29. The molecule has 90 valence electrons. The minimum atomic E-state index is -4.29. The average molecular weight is 240 g/mol. The van der Waals surface area contributed by atoms with Crippen LogP contribution in [-0.2, 0) is 6.18 Å². The Morgan fingerprint density at radius 3 is 2.24 bits per heavy atom. The first-order valence-electron chi connectivity index (χ1n) is 5.04. The van der Waals surface area contributed by atoms with Crippen molar-refractivity contribution < 1.29 is 13.2 Å². The Labute approximate surface area is 96.8 Å². The maximum Gasteiger partial charge on any atom is 0.416 e. The van der Waals surface area contributed by atoms with Gasteiger partial charge in [-0.05, 0) is 36.4 Å². The van der Waals surface area contributed by atoms with Crippen molar-refractivity contribution >= 4 is 5.69 Å². The third-order valence-corrected chi connectivity index (χ3v) is 2.50. The Morgan fingerprint density at radius 1 is 1.12 bits per heavy atom. The number of rotatable bonds is 1. The molecule has 0 aromatic heterocycles. The highest BCUT2D eigenvalue weighted by atomic mass is 19.4. The first kappa shape index (κ1) is 11.6. The second-order valence-corrected chi connectivity index (χ2v) is 3.72. The van der Waals surface area contributed by atoms with E-state index in [1.54, 1.807) is 18.4 Å². The number of allylic oxidation sites excluding steroid dienone is 1. The molecule has 0 aliphatic carbocycles. The van der Waals surface area contributed by atoms with Gasteiger partial charge in [-0.25, -0.2) is 0 Å². The molecule has 1 aliphatic rings. The summed E-state index contributed by atoms with van der Waals surface area (Å²) in [6, 6.07) is 5.04. The number of anilines is 1. The van der Waals surface area contributed by atoms with Crippen LogP contribution in [0.15, 0.2) is 48.3 Å². The van der Waals surface area contributed by atoms with Crippen molar-refractivity contribution in [3.05, 3.63) is 53.9 Å². The summed E-state index contributed by atoms with van der Waals surface area (Å²) >= 11 is 0. The number of alkyl halides is 3. The molecular weight excluding hydrogens is 229 g/mol. The van der Waals surface area contributed by atoms with Crippen molar-refractivity contribution in [1.29, 1.82) is 0 Å². The number of benzene rings is 1. The normalized spacial score (nSPS) is 15.9. The van der Waals surface area contributed by atoms with Crippen LogP contribution in [0.5, 0.6) is 0 Å². The van der Waals surface area contributed by atoms with Gasteiger partial charge >= 0.3 is 6.18 Å². The van der Waals surface area contributed by atoms with Crippen LogP contribution in [0, 0.1) is 0 Å². The molecule has 0 fully saturated rings. The first-order valence-corrected chi connectivity index (χ1v) is 5.04. The molecule has 1 heterocycles. The van der Waals surface area contributed by atoms with Crippen LogP contribution in [0.3, 0.4) is 0 Å². The summed E-state index contributed by atoms with van der Waals surface area (Å²) in [5.74, 6) is 0. The summed E-state index contributed by atoms with van der Waals surface area (Å²) in [6.07, 6.45) is 0.970. The van der Waals surface area contributed by atoms with E-state index >= 15 is 0 Å². The molecule has 2 nitrogen and oxygen atoms in total. The molecule has 0 amide bonds. The molecule has 2 N–H and O–H groups in total. The molecule has 0 bridgehead atoms. The van der Waals surface area contributed by atoms with E-state index in [0.29, 0.717) is 17.9 Å². The molecule has 0 saturated carbocycles. The van der Waals surface area contributed by atoms with Crippen molar-refractivity contribution in [1.82, 2.24) is 0 Å². The Balaban J connectivity index is 2.17. The molecule has 2 rings (SSSR count). The molecule has 1 aliphatic heterocycles. The summed E-state index contributed by atoms with van der Waals surface area (Å²) < 4.78 is 37.1. The number of nitrogens with two attached hydrogens (primary N) is 1. The van der Waals surface area contributed by atoms with E-state index in [2.05, 4.69) is 0 Å². The van der Waals surface area contributed by atoms with Crippen LogP contribution in [-0.4, -0.2) is 6.54 Å². The summed E-state index contributed by atoms with van der Waals surface area (Å²) in [5, 5.41) is 0. The molecule has 0 atom stereocenters. The van der Waals surface area contributed by atoms with E-state index in [1.807, 2.05) is 4.90 Å². The monoisotopic (exact) mass is 240 g/mol. The van der Waals surface area contributed by atoms with E-state index < -0.39 is 11.7 Å². The van der Waals surface area contributed by atoms with Crippen molar-refractivity contribution in [2.24, 2.45) is 5.73 Å². The third kappa shape index (κ3) is 2.61. The molecular formula is C12H11F3N2. The predicted molar refractivity (Wildman–Crippen MR) is 60.2 cm³/mol. The Bertz CT molecular complexity index is 458. The first-order chi connectivity index (χ1) is 7.97. The maximum absolute atomic E-state index is 12.4. The lowest BCUT2D eigenvalue weighted by molar-refractivity contribution is -0.137. The minimum absolute atomic E-state index is 0.563. The Morgan fingerprint density at radius 2 is 1.76 bits per heavy atom. The fraction of sp³-hybridized carbons (Fsp3) is 0.167.